The zero-order chi connectivity index (χ0) is 18.7. The molecule has 0 aromatic heterocycles. The van der Waals surface area contributed by atoms with Crippen LogP contribution in [0.3, 0.4) is 0 Å². The number of carbonyl (C=O) groups excluding carboxylic acids is 1. The van der Waals surface area contributed by atoms with Crippen molar-refractivity contribution in [2.45, 2.75) is 46.1 Å². The Labute approximate surface area is 161 Å². The zero-order valence-electron chi connectivity index (χ0n) is 16.9. The van der Waals surface area contributed by atoms with Crippen LogP contribution < -0.4 is 0 Å². The molecule has 0 aromatic rings. The van der Waals surface area contributed by atoms with Gasteiger partial charge in [0.15, 0.2) is 0 Å². The minimum absolute atomic E-state index is 0.0476. The van der Waals surface area contributed by atoms with E-state index in [0.717, 1.165) is 12.8 Å². The van der Waals surface area contributed by atoms with Crippen LogP contribution in [0.2, 0.25) is 0 Å². The van der Waals surface area contributed by atoms with Gasteiger partial charge >= 0.3 is 5.97 Å². The highest BCUT2D eigenvalue weighted by Crippen LogP contribution is 2.89. The van der Waals surface area contributed by atoms with Crippen LogP contribution in [0.4, 0.5) is 0 Å². The lowest BCUT2D eigenvalue weighted by Crippen LogP contribution is -2.45. The molecule has 146 valence electrons. The highest BCUT2D eigenvalue weighted by atomic mass is 16.5. The van der Waals surface area contributed by atoms with Crippen molar-refractivity contribution in [3.63, 3.8) is 0 Å². The highest BCUT2D eigenvalue weighted by molar-refractivity contribution is 5.78. The summed E-state index contributed by atoms with van der Waals surface area (Å²) >= 11 is 0. The molecule has 0 aliphatic heterocycles. The number of aliphatic hydroxyl groups excluding tert-OH is 1. The van der Waals surface area contributed by atoms with Gasteiger partial charge in [-0.2, -0.15) is 0 Å². The first-order valence-electron chi connectivity index (χ1n) is 11.3. The molecule has 0 bridgehead atoms. The molecular weight excluding hydrogens is 336 g/mol. The van der Waals surface area contributed by atoms with E-state index >= 15 is 0 Å². The predicted molar refractivity (Wildman–Crippen MR) is 100 cm³/mol. The van der Waals surface area contributed by atoms with E-state index in [0.29, 0.717) is 59.2 Å². The van der Waals surface area contributed by atoms with Gasteiger partial charge in [-0.3, -0.25) is 4.79 Å². The second-order valence-corrected chi connectivity index (χ2v) is 11.9. The fraction of sp³-hybridized carbons (Fsp3) is 0.875. The molecule has 0 heterocycles. The van der Waals surface area contributed by atoms with Gasteiger partial charge in [0.25, 0.3) is 0 Å². The normalized spacial score (nSPS) is 70.8. The molecule has 0 aromatic carbocycles. The van der Waals surface area contributed by atoms with Gasteiger partial charge in [-0.1, -0.05) is 26.0 Å². The lowest BCUT2D eigenvalue weighted by molar-refractivity contribution is -0.160. The first-order valence-corrected chi connectivity index (χ1v) is 11.3. The van der Waals surface area contributed by atoms with Crippen molar-refractivity contribution in [1.29, 1.82) is 0 Å². The van der Waals surface area contributed by atoms with Gasteiger partial charge < -0.3 is 9.84 Å². The minimum Gasteiger partial charge on any atom is -0.469 e. The summed E-state index contributed by atoms with van der Waals surface area (Å²) in [6.45, 7) is 7.12. The maximum Gasteiger partial charge on any atom is 0.312 e. The maximum atomic E-state index is 13.3. The number of methoxy groups -OCH3 is 1. The maximum absolute atomic E-state index is 13.3. The fourth-order valence-electron chi connectivity index (χ4n) is 12.0. The van der Waals surface area contributed by atoms with E-state index in [1.807, 2.05) is 0 Å². The van der Waals surface area contributed by atoms with E-state index in [2.05, 4.69) is 32.9 Å². The van der Waals surface area contributed by atoms with Gasteiger partial charge in [0.2, 0.25) is 0 Å². The van der Waals surface area contributed by atoms with Crippen molar-refractivity contribution in [2.75, 3.05) is 7.11 Å². The first-order chi connectivity index (χ1) is 12.8. The molecule has 6 fully saturated rings. The average molecular weight is 369 g/mol. The number of rotatable bonds is 1. The number of fused-ring (bicyclic) bond motifs is 5. The number of hydrogen-bond donors (Lipinski definition) is 1. The Morgan fingerprint density at radius 3 is 2.48 bits per heavy atom. The Morgan fingerprint density at radius 2 is 1.74 bits per heavy atom. The van der Waals surface area contributed by atoms with Crippen LogP contribution in [0.25, 0.3) is 0 Å². The molecule has 27 heavy (non-hydrogen) atoms. The second kappa shape index (κ2) is 4.20. The van der Waals surface area contributed by atoms with Crippen LogP contribution in [-0.2, 0) is 9.53 Å². The summed E-state index contributed by atoms with van der Waals surface area (Å²) in [5.74, 6) is 5.83. The number of carbonyl (C=O) groups is 1. The van der Waals surface area contributed by atoms with Gasteiger partial charge in [-0.15, -0.1) is 0 Å². The van der Waals surface area contributed by atoms with Crippen molar-refractivity contribution >= 4 is 5.97 Å². The molecule has 7 aliphatic rings. The molecule has 0 amide bonds. The fourth-order valence-corrected chi connectivity index (χ4v) is 12.0. The van der Waals surface area contributed by atoms with Crippen LogP contribution in [0.5, 0.6) is 0 Å². The summed E-state index contributed by atoms with van der Waals surface area (Å²) < 4.78 is 5.50. The van der Waals surface area contributed by atoms with E-state index in [-0.39, 0.29) is 28.3 Å². The predicted octanol–water partition coefficient (Wildman–Crippen LogP) is 3.52. The zero-order valence-corrected chi connectivity index (χ0v) is 16.9. The topological polar surface area (TPSA) is 46.5 Å². The Hall–Kier alpha value is -0.830. The standard InChI is InChI=1S/C24H32O3/c1-22-9-8-12-17-14-13-15(23(2,20(22)25)19(14)18(12)22)10-6-5-7-11(10)16(13)24(17,3)21(26)27-4/h5-6,10-20,25H,7-9H2,1-4H3/t10-,11+,12+,13-,14-,15+,16+,17+,18-,19+,20-,22+,23-,24+/m0/s1. The van der Waals surface area contributed by atoms with Gasteiger partial charge in [-0.05, 0) is 90.8 Å². The molecule has 7 aliphatic carbocycles. The molecule has 0 spiro atoms. The van der Waals surface area contributed by atoms with Crippen molar-refractivity contribution in [3.8, 4) is 0 Å². The number of hydrogen-bond acceptors (Lipinski definition) is 3. The third-order valence-electron chi connectivity index (χ3n) is 12.0. The average Bonchev–Trinajstić information content (AvgIpc) is 3.42. The largest absolute Gasteiger partial charge is 0.469 e. The molecule has 0 saturated heterocycles. The lowest BCUT2D eigenvalue weighted by atomic mass is 9.64. The number of esters is 1. The van der Waals surface area contributed by atoms with E-state index in [9.17, 15) is 9.90 Å². The first kappa shape index (κ1) is 16.0. The lowest BCUT2D eigenvalue weighted by Gasteiger charge is -2.41. The van der Waals surface area contributed by atoms with Crippen LogP contribution in [0.15, 0.2) is 12.2 Å². The third kappa shape index (κ3) is 1.22. The number of allylic oxidation sites excluding steroid dienone is 2. The van der Waals surface area contributed by atoms with Gasteiger partial charge in [-0.25, -0.2) is 0 Å². The Kier molecular flexibility index (Phi) is 2.49. The van der Waals surface area contributed by atoms with Crippen molar-refractivity contribution in [3.05, 3.63) is 12.2 Å². The van der Waals surface area contributed by atoms with E-state index in [4.69, 9.17) is 4.74 Å². The summed E-state index contributed by atoms with van der Waals surface area (Å²) in [5.41, 5.74) is -0.210. The molecule has 14 atom stereocenters. The molecular formula is C24H32O3. The molecule has 0 unspecified atom stereocenters. The monoisotopic (exact) mass is 368 g/mol. The third-order valence-corrected chi connectivity index (χ3v) is 12.0. The van der Waals surface area contributed by atoms with Crippen molar-refractivity contribution < 1.29 is 14.6 Å². The molecule has 3 heteroatoms. The quantitative estimate of drug-likeness (QED) is 0.569. The molecule has 0 radical (unpaired) electrons. The van der Waals surface area contributed by atoms with Crippen molar-refractivity contribution in [2.24, 2.45) is 75.4 Å². The van der Waals surface area contributed by atoms with Crippen molar-refractivity contribution in [1.82, 2.24) is 0 Å². The summed E-state index contributed by atoms with van der Waals surface area (Å²) in [6, 6.07) is 0. The Morgan fingerprint density at radius 1 is 1.04 bits per heavy atom. The minimum atomic E-state index is -0.319. The summed E-state index contributed by atoms with van der Waals surface area (Å²) in [7, 11) is 1.60. The van der Waals surface area contributed by atoms with Crippen LogP contribution in [-0.4, -0.2) is 24.3 Å². The highest BCUT2D eigenvalue weighted by Gasteiger charge is 2.88. The van der Waals surface area contributed by atoms with Crippen LogP contribution in [0, 0.1) is 75.4 Å². The number of ether oxygens (including phenoxy) is 1. The summed E-state index contributed by atoms with van der Waals surface area (Å²) in [5, 5.41) is 11.8. The molecule has 3 nitrogen and oxygen atoms in total. The summed E-state index contributed by atoms with van der Waals surface area (Å²) in [4.78, 5) is 13.3. The van der Waals surface area contributed by atoms with Gasteiger partial charge in [0.1, 0.15) is 0 Å². The van der Waals surface area contributed by atoms with E-state index < -0.39 is 0 Å². The van der Waals surface area contributed by atoms with Gasteiger partial charge in [0, 0.05) is 5.41 Å². The summed E-state index contributed by atoms with van der Waals surface area (Å²) in [6.07, 6.45) is 8.13. The van der Waals surface area contributed by atoms with Crippen LogP contribution in [0.1, 0.15) is 40.0 Å². The smallest absolute Gasteiger partial charge is 0.312 e. The van der Waals surface area contributed by atoms with E-state index in [1.165, 1.54) is 6.42 Å². The Bertz CT molecular complexity index is 803. The van der Waals surface area contributed by atoms with Gasteiger partial charge in [0.05, 0.1) is 18.6 Å². The molecule has 7 rings (SSSR count). The number of aliphatic hydroxyl groups is 1. The molecule has 1 N–H and O–H groups in total. The molecule has 6 saturated carbocycles. The SMILES string of the molecule is COC(=O)[C@]1(C)[C@@H]2[C@@H]3CC=C[C@@H]3[C@@H]3[C@@H]2[C@H]2[C@H]1[C@H]1CC[C@]4(C)[C@@H]1[C@@H]2[C@@]3(C)[C@H]4O. The van der Waals surface area contributed by atoms with E-state index in [1.54, 1.807) is 7.11 Å². The second-order valence-electron chi connectivity index (χ2n) is 11.9. The Balaban J connectivity index is 1.52. The van der Waals surface area contributed by atoms with Crippen LogP contribution >= 0.6 is 0 Å².